The second-order valence-electron chi connectivity index (χ2n) is 15.1. The topological polar surface area (TPSA) is 51.8 Å². The van der Waals surface area contributed by atoms with E-state index in [1.54, 1.807) is 0 Å². The van der Waals surface area contributed by atoms with E-state index in [1.165, 1.54) is 0 Å². The van der Waals surface area contributed by atoms with E-state index in [0.717, 1.165) is 44.5 Å². The summed E-state index contributed by atoms with van der Waals surface area (Å²) >= 11 is 0. The summed E-state index contributed by atoms with van der Waals surface area (Å²) in [5, 5.41) is 0.823. The SMILES string of the molecule is [B]c1c([B])c([B])c2c(oc3c([B])c([B])c(-c4cc(-c5ccccc5)cc(-c5nc(-c6ccc(-c7ccccc7)cc6)nc(-c6ccc(-c7ccccc7)cc6)n5)c4)c([B])c32)c1[B]. The highest BCUT2D eigenvalue weighted by Crippen LogP contribution is 2.35. The maximum atomic E-state index is 7.12. The van der Waals surface area contributed by atoms with Crippen molar-refractivity contribution in [3.63, 3.8) is 0 Å². The number of hydrogen-bond donors (Lipinski definition) is 0. The maximum absolute atomic E-state index is 7.12. The predicted octanol–water partition coefficient (Wildman–Crippen LogP) is 5.00. The summed E-state index contributed by atoms with van der Waals surface area (Å²) < 4.78 is 6.19. The minimum absolute atomic E-state index is 0.106. The van der Waals surface area contributed by atoms with Gasteiger partial charge >= 0.3 is 0 Å². The van der Waals surface area contributed by atoms with Crippen molar-refractivity contribution in [2.24, 2.45) is 0 Å². The lowest BCUT2D eigenvalue weighted by Crippen LogP contribution is -2.47. The van der Waals surface area contributed by atoms with E-state index in [4.69, 9.17) is 74.3 Å². The zero-order chi connectivity index (χ0) is 42.6. The molecule has 11 heteroatoms. The van der Waals surface area contributed by atoms with Crippen molar-refractivity contribution in [2.45, 2.75) is 0 Å². The summed E-state index contributed by atoms with van der Waals surface area (Å²) in [5.41, 5.74) is 11.2. The van der Waals surface area contributed by atoms with Crippen molar-refractivity contribution in [3.8, 4) is 78.7 Å². The molecule has 10 aromatic rings. The van der Waals surface area contributed by atoms with E-state index in [-0.39, 0.29) is 49.4 Å². The fourth-order valence-corrected chi connectivity index (χ4v) is 8.06. The molecular weight excluding hydrogens is 746 g/mol. The van der Waals surface area contributed by atoms with Gasteiger partial charge in [-0.1, -0.05) is 167 Å². The zero-order valence-corrected chi connectivity index (χ0v) is 33.3. The van der Waals surface area contributed by atoms with Gasteiger partial charge in [-0.3, -0.25) is 0 Å². The Kier molecular flexibility index (Phi) is 9.99. The molecule has 0 saturated heterocycles. The Morgan fingerprint density at radius 1 is 0.274 bits per heavy atom. The second-order valence-corrected chi connectivity index (χ2v) is 15.1. The van der Waals surface area contributed by atoms with E-state index in [2.05, 4.69) is 48.5 Å². The van der Waals surface area contributed by atoms with Gasteiger partial charge in [-0.15, -0.1) is 10.9 Å². The second kappa shape index (κ2) is 15.8. The first kappa shape index (κ1) is 39.2. The van der Waals surface area contributed by atoms with E-state index in [1.807, 2.05) is 109 Å². The Morgan fingerprint density at radius 2 is 0.613 bits per heavy atom. The minimum atomic E-state index is 0.106. The summed E-state index contributed by atoms with van der Waals surface area (Å²) in [4.78, 5) is 15.3. The average molecular weight is 772 g/mol. The Morgan fingerprint density at radius 3 is 1.10 bits per heavy atom. The molecule has 8 aromatic carbocycles. The highest BCUT2D eigenvalue weighted by atomic mass is 16.3. The molecular formula is C51H26B7N3O. The number of fused-ring (bicyclic) bond motifs is 3. The molecule has 2 aromatic heterocycles. The van der Waals surface area contributed by atoms with Gasteiger partial charge in [0.1, 0.15) is 66.1 Å². The van der Waals surface area contributed by atoms with E-state index in [0.29, 0.717) is 44.9 Å². The van der Waals surface area contributed by atoms with Crippen LogP contribution >= 0.6 is 0 Å². The van der Waals surface area contributed by atoms with Gasteiger partial charge in [0.05, 0.1) is 0 Å². The van der Waals surface area contributed by atoms with Gasteiger partial charge in [-0.25, -0.2) is 15.0 Å². The molecule has 2 heterocycles. The normalized spacial score (nSPS) is 11.4. The van der Waals surface area contributed by atoms with Gasteiger partial charge in [0.25, 0.3) is 0 Å². The molecule has 62 heavy (non-hydrogen) atoms. The van der Waals surface area contributed by atoms with E-state index < -0.39 is 0 Å². The minimum Gasteiger partial charge on any atom is -0.457 e. The van der Waals surface area contributed by atoms with Crippen LogP contribution in [-0.4, -0.2) is 69.9 Å². The molecule has 0 unspecified atom stereocenters. The molecule has 0 spiro atoms. The molecule has 0 aliphatic rings. The van der Waals surface area contributed by atoms with Gasteiger partial charge in [0, 0.05) is 27.5 Å². The number of furan rings is 1. The molecule has 0 atom stereocenters. The number of aromatic nitrogens is 3. The highest BCUT2D eigenvalue weighted by Gasteiger charge is 2.23. The molecule has 0 aliphatic heterocycles. The number of benzene rings is 8. The van der Waals surface area contributed by atoms with Crippen molar-refractivity contribution >= 4 is 115 Å². The molecule has 14 radical (unpaired) electrons. The fourth-order valence-electron chi connectivity index (χ4n) is 8.06. The van der Waals surface area contributed by atoms with Crippen LogP contribution in [0.1, 0.15) is 0 Å². The summed E-state index contributed by atoms with van der Waals surface area (Å²) in [6.45, 7) is 0. The summed E-state index contributed by atoms with van der Waals surface area (Å²) in [6, 6.07) is 52.8. The van der Waals surface area contributed by atoms with Crippen LogP contribution < -0.4 is 38.2 Å². The predicted molar refractivity (Wildman–Crippen MR) is 263 cm³/mol. The molecule has 0 amide bonds. The zero-order valence-electron chi connectivity index (χ0n) is 33.3. The van der Waals surface area contributed by atoms with Crippen LogP contribution in [0, 0.1) is 0 Å². The van der Waals surface area contributed by atoms with Gasteiger partial charge in [0.15, 0.2) is 17.5 Å². The Balaban J connectivity index is 1.20. The molecule has 0 N–H and O–H groups in total. The van der Waals surface area contributed by atoms with Gasteiger partial charge in [-0.05, 0) is 62.7 Å². The highest BCUT2D eigenvalue weighted by molar-refractivity contribution is 6.69. The molecule has 0 bridgehead atoms. The Labute approximate surface area is 369 Å². The van der Waals surface area contributed by atoms with Crippen LogP contribution in [-0.2, 0) is 0 Å². The van der Waals surface area contributed by atoms with Crippen molar-refractivity contribution in [1.82, 2.24) is 15.0 Å². The lowest BCUT2D eigenvalue weighted by molar-refractivity contribution is 0.675. The lowest BCUT2D eigenvalue weighted by Gasteiger charge is -2.19. The maximum Gasteiger partial charge on any atom is 0.164 e. The first-order valence-corrected chi connectivity index (χ1v) is 19.9. The van der Waals surface area contributed by atoms with Crippen LogP contribution in [0.25, 0.3) is 101 Å². The third-order valence-electron chi connectivity index (χ3n) is 11.4. The molecule has 0 fully saturated rings. The smallest absolute Gasteiger partial charge is 0.164 e. The number of nitrogens with zero attached hydrogens (tertiary/aromatic N) is 3. The van der Waals surface area contributed by atoms with Gasteiger partial charge in [0.2, 0.25) is 0 Å². The number of hydrogen-bond acceptors (Lipinski definition) is 4. The summed E-state index contributed by atoms with van der Waals surface area (Å²) in [6.07, 6.45) is 0. The first-order chi connectivity index (χ1) is 30.1. The van der Waals surface area contributed by atoms with E-state index in [9.17, 15) is 0 Å². The lowest BCUT2D eigenvalue weighted by atomic mass is 9.64. The van der Waals surface area contributed by atoms with E-state index >= 15 is 0 Å². The van der Waals surface area contributed by atoms with Crippen molar-refractivity contribution in [2.75, 3.05) is 0 Å². The third-order valence-corrected chi connectivity index (χ3v) is 11.4. The molecule has 0 aliphatic carbocycles. The van der Waals surface area contributed by atoms with Crippen LogP contribution in [0.5, 0.6) is 0 Å². The third kappa shape index (κ3) is 6.82. The Bertz CT molecular complexity index is 3240. The van der Waals surface area contributed by atoms with Crippen LogP contribution in [0.2, 0.25) is 0 Å². The Hall–Kier alpha value is -6.98. The van der Waals surface area contributed by atoms with Crippen molar-refractivity contribution in [1.29, 1.82) is 0 Å². The van der Waals surface area contributed by atoms with Crippen molar-refractivity contribution < 1.29 is 4.42 Å². The summed E-state index contributed by atoms with van der Waals surface area (Å²) in [7, 11) is 46.3. The number of rotatable bonds is 7. The average Bonchev–Trinajstić information content (AvgIpc) is 3.74. The quantitative estimate of drug-likeness (QED) is 0.215. The molecule has 10 rings (SSSR count). The van der Waals surface area contributed by atoms with Crippen molar-refractivity contribution in [3.05, 3.63) is 158 Å². The molecule has 0 saturated carbocycles. The standard InChI is InChI=1S/C51H26B7N3O/c52-40-37(41(53)45(57)47-38(40)39-42(54)43(55)44(56)46(58)48(39)62-47)35-24-34(29-14-8-3-9-15-29)25-36(26-35)51-60-49(32-20-16-30(17-21-32)27-10-4-1-5-11-27)59-50(61-51)33-22-18-31(19-23-33)28-12-6-2-7-13-28/h1-26H. The van der Waals surface area contributed by atoms with Gasteiger partial charge in [-0.2, -0.15) is 0 Å². The van der Waals surface area contributed by atoms with Crippen LogP contribution in [0.3, 0.4) is 0 Å². The first-order valence-electron chi connectivity index (χ1n) is 19.9. The monoisotopic (exact) mass is 773 g/mol. The largest absolute Gasteiger partial charge is 0.457 e. The van der Waals surface area contributed by atoms with Gasteiger partial charge < -0.3 is 4.42 Å². The molecule has 272 valence electrons. The fraction of sp³-hybridized carbons (Fsp3) is 0. The van der Waals surface area contributed by atoms with Crippen LogP contribution in [0.15, 0.2) is 162 Å². The molecule has 4 nitrogen and oxygen atoms in total. The van der Waals surface area contributed by atoms with Crippen LogP contribution in [0.4, 0.5) is 0 Å². The summed E-state index contributed by atoms with van der Waals surface area (Å²) in [5.74, 6) is 1.44.